The highest BCUT2D eigenvalue weighted by Gasteiger charge is 2.34. The summed E-state index contributed by atoms with van der Waals surface area (Å²) in [5.74, 6) is 0.829. The molecule has 0 radical (unpaired) electrons. The fourth-order valence-corrected chi connectivity index (χ4v) is 3.06. The van der Waals surface area contributed by atoms with Gasteiger partial charge in [0.25, 0.3) is 0 Å². The quantitative estimate of drug-likeness (QED) is 0.886. The SMILES string of the molecule is Cc1cccc(-c2cnc(C3CCCN3C(=O)OC(C)(C)C)[nH]2)c1. The van der Waals surface area contributed by atoms with Crippen LogP contribution in [0.4, 0.5) is 4.79 Å². The number of aryl methyl sites for hydroxylation is 1. The van der Waals surface area contributed by atoms with Crippen molar-refractivity contribution in [2.24, 2.45) is 0 Å². The summed E-state index contributed by atoms with van der Waals surface area (Å²) in [6, 6.07) is 8.25. The molecule has 1 saturated heterocycles. The molecule has 5 nitrogen and oxygen atoms in total. The fraction of sp³-hybridized carbons (Fsp3) is 0.474. The Balaban J connectivity index is 1.80. The molecule has 1 fully saturated rings. The second-order valence-electron chi connectivity index (χ2n) is 7.38. The number of hydrogen-bond acceptors (Lipinski definition) is 3. The molecular formula is C19H25N3O2. The highest BCUT2D eigenvalue weighted by Crippen LogP contribution is 2.32. The van der Waals surface area contributed by atoms with E-state index < -0.39 is 5.60 Å². The third-order valence-corrected chi connectivity index (χ3v) is 4.12. The molecule has 128 valence electrons. The van der Waals surface area contributed by atoms with E-state index in [1.807, 2.05) is 33.0 Å². The zero-order valence-corrected chi connectivity index (χ0v) is 14.8. The van der Waals surface area contributed by atoms with Gasteiger partial charge in [-0.15, -0.1) is 0 Å². The van der Waals surface area contributed by atoms with Crippen LogP contribution in [0, 0.1) is 6.92 Å². The molecule has 1 aliphatic heterocycles. The van der Waals surface area contributed by atoms with Gasteiger partial charge in [0.1, 0.15) is 11.4 Å². The van der Waals surface area contributed by atoms with Crippen LogP contribution in [0.5, 0.6) is 0 Å². The van der Waals surface area contributed by atoms with E-state index in [0.29, 0.717) is 6.54 Å². The summed E-state index contributed by atoms with van der Waals surface area (Å²) in [6.45, 7) is 8.44. The normalized spacial score (nSPS) is 18.0. The molecule has 0 spiro atoms. The van der Waals surface area contributed by atoms with Crippen molar-refractivity contribution in [2.75, 3.05) is 6.54 Å². The Morgan fingerprint density at radius 3 is 2.88 bits per heavy atom. The van der Waals surface area contributed by atoms with Gasteiger partial charge in [-0.1, -0.05) is 23.8 Å². The number of hydrogen-bond donors (Lipinski definition) is 1. The predicted molar refractivity (Wildman–Crippen MR) is 93.7 cm³/mol. The maximum atomic E-state index is 12.4. The van der Waals surface area contributed by atoms with Crippen LogP contribution >= 0.6 is 0 Å². The molecule has 1 aromatic heterocycles. The van der Waals surface area contributed by atoms with Crippen LogP contribution in [0.2, 0.25) is 0 Å². The van der Waals surface area contributed by atoms with Crippen LogP contribution in [0.25, 0.3) is 11.3 Å². The topological polar surface area (TPSA) is 58.2 Å². The maximum Gasteiger partial charge on any atom is 0.410 e. The summed E-state index contributed by atoms with van der Waals surface area (Å²) in [6.07, 6.45) is 3.44. The molecule has 24 heavy (non-hydrogen) atoms. The molecular weight excluding hydrogens is 302 g/mol. The number of carbonyl (C=O) groups excluding carboxylic acids is 1. The molecule has 1 amide bonds. The van der Waals surface area contributed by atoms with Crippen LogP contribution in [-0.4, -0.2) is 33.1 Å². The number of imidazole rings is 1. The van der Waals surface area contributed by atoms with Crippen LogP contribution in [0.1, 0.15) is 51.0 Å². The molecule has 1 N–H and O–H groups in total. The molecule has 0 aliphatic carbocycles. The van der Waals surface area contributed by atoms with Crippen LogP contribution in [0.3, 0.4) is 0 Å². The number of nitrogens with zero attached hydrogens (tertiary/aromatic N) is 2. The standard InChI is InChI=1S/C19H25N3O2/c1-13-7-5-8-14(11-13)15-12-20-17(21-15)16-9-6-10-22(16)18(23)24-19(2,3)4/h5,7-8,11-12,16H,6,9-10H2,1-4H3,(H,20,21). The van der Waals surface area contributed by atoms with Crippen molar-refractivity contribution < 1.29 is 9.53 Å². The van der Waals surface area contributed by atoms with Crippen molar-refractivity contribution in [1.29, 1.82) is 0 Å². The van der Waals surface area contributed by atoms with Gasteiger partial charge < -0.3 is 9.72 Å². The summed E-state index contributed by atoms with van der Waals surface area (Å²) >= 11 is 0. The fourth-order valence-electron chi connectivity index (χ4n) is 3.06. The second-order valence-corrected chi connectivity index (χ2v) is 7.38. The Hall–Kier alpha value is -2.30. The summed E-state index contributed by atoms with van der Waals surface area (Å²) in [5, 5.41) is 0. The number of likely N-dealkylation sites (tertiary alicyclic amines) is 1. The minimum atomic E-state index is -0.486. The molecule has 1 unspecified atom stereocenters. The largest absolute Gasteiger partial charge is 0.444 e. The average Bonchev–Trinajstić information content (AvgIpc) is 3.14. The first kappa shape index (κ1) is 16.6. The Labute approximate surface area is 143 Å². The lowest BCUT2D eigenvalue weighted by molar-refractivity contribution is 0.0219. The molecule has 3 rings (SSSR count). The monoisotopic (exact) mass is 327 g/mol. The van der Waals surface area contributed by atoms with Gasteiger partial charge in [0.05, 0.1) is 17.9 Å². The number of aromatic amines is 1. The van der Waals surface area contributed by atoms with Gasteiger partial charge in [-0.05, 0) is 52.2 Å². The molecule has 1 atom stereocenters. The van der Waals surface area contributed by atoms with Crippen LogP contribution in [0.15, 0.2) is 30.5 Å². The van der Waals surface area contributed by atoms with Gasteiger partial charge in [-0.25, -0.2) is 9.78 Å². The Bertz CT molecular complexity index is 730. The third kappa shape index (κ3) is 3.61. The van der Waals surface area contributed by atoms with E-state index in [2.05, 4.69) is 35.1 Å². The number of H-pyrrole nitrogens is 1. The summed E-state index contributed by atoms with van der Waals surface area (Å²) in [7, 11) is 0. The summed E-state index contributed by atoms with van der Waals surface area (Å²) in [4.78, 5) is 22.1. The van der Waals surface area contributed by atoms with E-state index in [1.54, 1.807) is 4.90 Å². The summed E-state index contributed by atoms with van der Waals surface area (Å²) < 4.78 is 5.53. The van der Waals surface area contributed by atoms with E-state index in [4.69, 9.17) is 4.74 Å². The van der Waals surface area contributed by atoms with E-state index in [0.717, 1.165) is 29.9 Å². The molecule has 2 heterocycles. The number of aromatic nitrogens is 2. The summed E-state index contributed by atoms with van der Waals surface area (Å²) in [5.41, 5.74) is 2.81. The number of ether oxygens (including phenoxy) is 1. The molecule has 2 aromatic rings. The maximum absolute atomic E-state index is 12.4. The lowest BCUT2D eigenvalue weighted by Gasteiger charge is -2.27. The Morgan fingerprint density at radius 1 is 1.38 bits per heavy atom. The number of nitrogens with one attached hydrogen (secondary N) is 1. The highest BCUT2D eigenvalue weighted by molar-refractivity contribution is 5.69. The first-order valence-corrected chi connectivity index (χ1v) is 8.45. The van der Waals surface area contributed by atoms with Crippen molar-refractivity contribution in [3.63, 3.8) is 0 Å². The van der Waals surface area contributed by atoms with E-state index in [-0.39, 0.29) is 12.1 Å². The van der Waals surface area contributed by atoms with Gasteiger partial charge in [0.2, 0.25) is 0 Å². The lowest BCUT2D eigenvalue weighted by atomic mass is 10.1. The van der Waals surface area contributed by atoms with Crippen molar-refractivity contribution in [3.8, 4) is 11.3 Å². The second kappa shape index (κ2) is 6.30. The van der Waals surface area contributed by atoms with Crippen molar-refractivity contribution in [3.05, 3.63) is 41.9 Å². The van der Waals surface area contributed by atoms with Gasteiger partial charge in [-0.3, -0.25) is 4.90 Å². The van der Waals surface area contributed by atoms with Crippen molar-refractivity contribution >= 4 is 6.09 Å². The number of amides is 1. The zero-order chi connectivity index (χ0) is 17.3. The van der Waals surface area contributed by atoms with E-state index >= 15 is 0 Å². The van der Waals surface area contributed by atoms with Crippen LogP contribution in [-0.2, 0) is 4.74 Å². The Morgan fingerprint density at radius 2 is 2.17 bits per heavy atom. The first-order valence-electron chi connectivity index (χ1n) is 8.45. The molecule has 1 aliphatic rings. The lowest BCUT2D eigenvalue weighted by Crippen LogP contribution is -2.36. The Kier molecular flexibility index (Phi) is 4.35. The molecule has 0 saturated carbocycles. The van der Waals surface area contributed by atoms with Gasteiger partial charge in [0, 0.05) is 6.54 Å². The minimum absolute atomic E-state index is 0.0431. The number of benzene rings is 1. The zero-order valence-electron chi connectivity index (χ0n) is 14.8. The number of carbonyl (C=O) groups is 1. The highest BCUT2D eigenvalue weighted by atomic mass is 16.6. The smallest absolute Gasteiger partial charge is 0.410 e. The van der Waals surface area contributed by atoms with Gasteiger partial charge in [0.15, 0.2) is 0 Å². The first-order chi connectivity index (χ1) is 11.3. The number of rotatable bonds is 2. The predicted octanol–water partition coefficient (Wildman–Crippen LogP) is 4.46. The van der Waals surface area contributed by atoms with Crippen molar-refractivity contribution in [1.82, 2.24) is 14.9 Å². The average molecular weight is 327 g/mol. The van der Waals surface area contributed by atoms with Gasteiger partial charge >= 0.3 is 6.09 Å². The van der Waals surface area contributed by atoms with E-state index in [9.17, 15) is 4.79 Å². The minimum Gasteiger partial charge on any atom is -0.444 e. The molecule has 0 bridgehead atoms. The van der Waals surface area contributed by atoms with E-state index in [1.165, 1.54) is 5.56 Å². The third-order valence-electron chi connectivity index (χ3n) is 4.12. The van der Waals surface area contributed by atoms with Crippen LogP contribution < -0.4 is 0 Å². The molecule has 5 heteroatoms. The van der Waals surface area contributed by atoms with Crippen molar-refractivity contribution in [2.45, 2.75) is 52.2 Å². The molecule has 1 aromatic carbocycles. The van der Waals surface area contributed by atoms with Gasteiger partial charge in [-0.2, -0.15) is 0 Å².